The van der Waals surface area contributed by atoms with Crippen molar-refractivity contribution in [2.45, 2.75) is 44.5 Å². The molecule has 1 aromatic rings. The number of aromatic nitrogens is 2. The van der Waals surface area contributed by atoms with Gasteiger partial charge in [0.2, 0.25) is 0 Å². The smallest absolute Gasteiger partial charge is 0.0912 e. The molecular formula is C14H23BrN4O. The summed E-state index contributed by atoms with van der Waals surface area (Å²) in [5.41, 5.74) is 1.19. The van der Waals surface area contributed by atoms with Crippen LogP contribution in [0.3, 0.4) is 0 Å². The molecule has 0 aliphatic carbocycles. The van der Waals surface area contributed by atoms with Gasteiger partial charge in [-0.25, -0.2) is 0 Å². The third-order valence-corrected chi connectivity index (χ3v) is 5.14. The number of likely N-dealkylation sites (N-methyl/N-ethyl adjacent to an activating group) is 1. The zero-order valence-electron chi connectivity index (χ0n) is 12.2. The van der Waals surface area contributed by atoms with Crippen LogP contribution in [0.25, 0.3) is 0 Å². The van der Waals surface area contributed by atoms with Crippen LogP contribution in [0.2, 0.25) is 0 Å². The van der Waals surface area contributed by atoms with Crippen LogP contribution in [0.15, 0.2) is 10.7 Å². The summed E-state index contributed by atoms with van der Waals surface area (Å²) >= 11 is 3.63. The summed E-state index contributed by atoms with van der Waals surface area (Å²) in [4.78, 5) is 2.58. The second-order valence-electron chi connectivity index (χ2n) is 5.62. The number of ether oxygens (including phenoxy) is 1. The molecule has 3 heterocycles. The van der Waals surface area contributed by atoms with E-state index in [1.807, 2.05) is 17.9 Å². The molecule has 6 heteroatoms. The fourth-order valence-corrected chi connectivity index (χ4v) is 4.02. The normalized spacial score (nSPS) is 28.6. The Bertz CT molecular complexity index is 464. The SMILES string of the molecule is CCn1ncc(Br)c1C(NC)C1CN2CCCC2CO1. The van der Waals surface area contributed by atoms with Crippen molar-refractivity contribution < 1.29 is 4.74 Å². The largest absolute Gasteiger partial charge is 0.373 e. The van der Waals surface area contributed by atoms with Crippen molar-refractivity contribution in [2.75, 3.05) is 26.7 Å². The van der Waals surface area contributed by atoms with Crippen molar-refractivity contribution in [2.24, 2.45) is 0 Å². The zero-order chi connectivity index (χ0) is 14.1. The number of aryl methyl sites for hydroxylation is 1. The minimum atomic E-state index is 0.174. The van der Waals surface area contributed by atoms with E-state index in [-0.39, 0.29) is 12.1 Å². The number of rotatable bonds is 4. The van der Waals surface area contributed by atoms with Gasteiger partial charge in [0.25, 0.3) is 0 Å². The van der Waals surface area contributed by atoms with Crippen molar-refractivity contribution in [1.29, 1.82) is 0 Å². The van der Waals surface area contributed by atoms with E-state index in [1.54, 1.807) is 0 Å². The lowest BCUT2D eigenvalue weighted by Crippen LogP contribution is -2.50. The molecule has 0 spiro atoms. The van der Waals surface area contributed by atoms with E-state index in [9.17, 15) is 0 Å². The minimum absolute atomic E-state index is 0.174. The van der Waals surface area contributed by atoms with Gasteiger partial charge in [-0.1, -0.05) is 0 Å². The lowest BCUT2D eigenvalue weighted by Gasteiger charge is -2.39. The summed E-state index contributed by atoms with van der Waals surface area (Å²) in [7, 11) is 2.00. The first-order valence-corrected chi connectivity index (χ1v) is 8.28. The molecule has 1 N–H and O–H groups in total. The lowest BCUT2D eigenvalue weighted by atomic mass is 10.0. The Kier molecular flexibility index (Phi) is 4.45. The standard InChI is InChI=1S/C14H23BrN4O/c1-3-19-14(11(15)7-17-19)13(16-2)12-8-18-6-4-5-10(18)9-20-12/h7,10,12-13,16H,3-6,8-9H2,1-2H3. The molecule has 2 aliphatic rings. The molecule has 1 aromatic heterocycles. The summed E-state index contributed by atoms with van der Waals surface area (Å²) in [5, 5.41) is 7.85. The van der Waals surface area contributed by atoms with Crippen molar-refractivity contribution in [1.82, 2.24) is 20.0 Å². The van der Waals surface area contributed by atoms with E-state index in [1.165, 1.54) is 25.1 Å². The van der Waals surface area contributed by atoms with E-state index >= 15 is 0 Å². The molecule has 2 fully saturated rings. The third kappa shape index (κ3) is 2.54. The summed E-state index contributed by atoms with van der Waals surface area (Å²) in [5.74, 6) is 0. The molecule has 112 valence electrons. The minimum Gasteiger partial charge on any atom is -0.373 e. The van der Waals surface area contributed by atoms with Crippen LogP contribution >= 0.6 is 15.9 Å². The van der Waals surface area contributed by atoms with Gasteiger partial charge in [-0.15, -0.1) is 0 Å². The molecule has 2 saturated heterocycles. The van der Waals surface area contributed by atoms with Crippen LogP contribution in [0.4, 0.5) is 0 Å². The quantitative estimate of drug-likeness (QED) is 0.905. The van der Waals surface area contributed by atoms with Crippen molar-refractivity contribution in [3.63, 3.8) is 0 Å². The van der Waals surface area contributed by atoms with Gasteiger partial charge in [0.1, 0.15) is 0 Å². The van der Waals surface area contributed by atoms with E-state index in [4.69, 9.17) is 4.74 Å². The number of hydrogen-bond acceptors (Lipinski definition) is 4. The zero-order valence-corrected chi connectivity index (χ0v) is 13.8. The van der Waals surface area contributed by atoms with Crippen molar-refractivity contribution in [3.05, 3.63) is 16.4 Å². The van der Waals surface area contributed by atoms with E-state index in [0.29, 0.717) is 6.04 Å². The van der Waals surface area contributed by atoms with E-state index in [2.05, 4.69) is 38.2 Å². The summed E-state index contributed by atoms with van der Waals surface area (Å²) in [6, 6.07) is 0.816. The molecule has 0 saturated carbocycles. The second-order valence-corrected chi connectivity index (χ2v) is 6.48. The molecule has 20 heavy (non-hydrogen) atoms. The van der Waals surface area contributed by atoms with Crippen LogP contribution in [0.1, 0.15) is 31.5 Å². The first-order valence-electron chi connectivity index (χ1n) is 7.48. The van der Waals surface area contributed by atoms with Gasteiger partial charge in [0.15, 0.2) is 0 Å². The number of fused-ring (bicyclic) bond motifs is 1. The predicted molar refractivity (Wildman–Crippen MR) is 81.7 cm³/mol. The third-order valence-electron chi connectivity index (χ3n) is 4.53. The highest BCUT2D eigenvalue weighted by Gasteiger charge is 2.37. The average molecular weight is 343 g/mol. The Morgan fingerprint density at radius 1 is 1.60 bits per heavy atom. The summed E-state index contributed by atoms with van der Waals surface area (Å²) in [6.45, 7) is 6.08. The summed E-state index contributed by atoms with van der Waals surface area (Å²) < 4.78 is 9.26. The van der Waals surface area contributed by atoms with Gasteiger partial charge in [-0.3, -0.25) is 9.58 Å². The fourth-order valence-electron chi connectivity index (χ4n) is 3.48. The van der Waals surface area contributed by atoms with E-state index in [0.717, 1.165) is 24.2 Å². The maximum absolute atomic E-state index is 6.16. The summed E-state index contributed by atoms with van der Waals surface area (Å²) in [6.07, 6.45) is 4.66. The maximum atomic E-state index is 6.16. The molecular weight excluding hydrogens is 320 g/mol. The van der Waals surface area contributed by atoms with Gasteiger partial charge >= 0.3 is 0 Å². The number of halogens is 1. The Labute approximate surface area is 128 Å². The van der Waals surface area contributed by atoms with Gasteiger partial charge in [-0.05, 0) is 49.3 Å². The number of hydrogen-bond donors (Lipinski definition) is 1. The van der Waals surface area contributed by atoms with Crippen LogP contribution in [-0.2, 0) is 11.3 Å². The Balaban J connectivity index is 1.81. The first-order chi connectivity index (χ1) is 9.74. The van der Waals surface area contributed by atoms with Gasteiger partial charge in [0, 0.05) is 19.1 Å². The molecule has 3 rings (SSSR count). The maximum Gasteiger partial charge on any atom is 0.0912 e. The molecule has 0 radical (unpaired) electrons. The molecule has 3 unspecified atom stereocenters. The molecule has 2 aliphatic heterocycles. The second kappa shape index (κ2) is 6.13. The van der Waals surface area contributed by atoms with Gasteiger partial charge in [0.05, 0.1) is 35.1 Å². The van der Waals surface area contributed by atoms with E-state index < -0.39 is 0 Å². The van der Waals surface area contributed by atoms with Crippen LogP contribution in [0.5, 0.6) is 0 Å². The topological polar surface area (TPSA) is 42.3 Å². The number of morpholine rings is 1. The predicted octanol–water partition coefficient (Wildman–Crippen LogP) is 1.79. The molecule has 0 amide bonds. The Hall–Kier alpha value is -0.430. The Morgan fingerprint density at radius 2 is 2.45 bits per heavy atom. The molecule has 0 aromatic carbocycles. The Morgan fingerprint density at radius 3 is 3.20 bits per heavy atom. The molecule has 3 atom stereocenters. The fraction of sp³-hybridized carbons (Fsp3) is 0.786. The molecule has 5 nitrogen and oxygen atoms in total. The first kappa shape index (κ1) is 14.5. The van der Waals surface area contributed by atoms with Crippen molar-refractivity contribution in [3.8, 4) is 0 Å². The number of nitrogens with zero attached hydrogens (tertiary/aromatic N) is 3. The van der Waals surface area contributed by atoms with Gasteiger partial charge < -0.3 is 10.1 Å². The lowest BCUT2D eigenvalue weighted by molar-refractivity contribution is -0.0655. The highest BCUT2D eigenvalue weighted by atomic mass is 79.9. The van der Waals surface area contributed by atoms with Crippen LogP contribution in [0, 0.1) is 0 Å². The highest BCUT2D eigenvalue weighted by molar-refractivity contribution is 9.10. The van der Waals surface area contributed by atoms with Crippen LogP contribution < -0.4 is 5.32 Å². The van der Waals surface area contributed by atoms with Crippen LogP contribution in [-0.4, -0.2) is 53.6 Å². The van der Waals surface area contributed by atoms with Gasteiger partial charge in [-0.2, -0.15) is 5.10 Å². The average Bonchev–Trinajstić information content (AvgIpc) is 3.07. The number of nitrogens with one attached hydrogen (secondary N) is 1. The molecule has 0 bridgehead atoms. The monoisotopic (exact) mass is 342 g/mol. The van der Waals surface area contributed by atoms with Crippen molar-refractivity contribution >= 4 is 15.9 Å². The highest BCUT2D eigenvalue weighted by Crippen LogP contribution is 2.31.